The number of aliphatic hydroxyl groups is 1. The first kappa shape index (κ1) is 14.8. The molecule has 0 radical (unpaired) electrons. The summed E-state index contributed by atoms with van der Waals surface area (Å²) in [7, 11) is 0. The van der Waals surface area contributed by atoms with Crippen molar-refractivity contribution in [2.75, 3.05) is 31.1 Å². The lowest BCUT2D eigenvalue weighted by Crippen LogP contribution is -2.36. The fourth-order valence-electron chi connectivity index (χ4n) is 2.95. The highest BCUT2D eigenvalue weighted by molar-refractivity contribution is 7.15. The molecule has 0 unspecified atom stereocenters. The van der Waals surface area contributed by atoms with E-state index in [1.165, 1.54) is 5.69 Å². The Hall–Kier alpha value is -1.11. The molecule has 0 saturated carbocycles. The number of anilines is 1. The summed E-state index contributed by atoms with van der Waals surface area (Å²) >= 11 is 1.69. The number of hydrogen-bond donors (Lipinski definition) is 2. The lowest BCUT2D eigenvalue weighted by molar-refractivity contribution is 0.202. The average Bonchev–Trinajstić information content (AvgIpc) is 3.10. The molecule has 1 aliphatic heterocycles. The molecule has 1 aliphatic rings. The highest BCUT2D eigenvalue weighted by Crippen LogP contribution is 2.28. The number of rotatable bonds is 6. The van der Waals surface area contributed by atoms with E-state index in [2.05, 4.69) is 33.1 Å². The van der Waals surface area contributed by atoms with Crippen molar-refractivity contribution in [3.8, 4) is 0 Å². The van der Waals surface area contributed by atoms with Crippen LogP contribution in [0.15, 0.2) is 11.6 Å². The molecule has 1 fully saturated rings. The summed E-state index contributed by atoms with van der Waals surface area (Å²) in [5.74, 6) is 1.59. The summed E-state index contributed by atoms with van der Waals surface area (Å²) in [4.78, 5) is 8.29. The maximum atomic E-state index is 9.28. The zero-order valence-corrected chi connectivity index (χ0v) is 13.4. The Kier molecular flexibility index (Phi) is 4.77. The van der Waals surface area contributed by atoms with Crippen LogP contribution in [0.5, 0.6) is 0 Å². The van der Waals surface area contributed by atoms with Crippen molar-refractivity contribution in [1.82, 2.24) is 14.7 Å². The van der Waals surface area contributed by atoms with Crippen LogP contribution in [0.2, 0.25) is 0 Å². The first-order valence-corrected chi connectivity index (χ1v) is 8.72. The molecule has 0 aliphatic carbocycles. The number of thiazole rings is 1. The second-order valence-corrected chi connectivity index (χ2v) is 6.60. The highest BCUT2D eigenvalue weighted by Gasteiger charge is 2.24. The van der Waals surface area contributed by atoms with Crippen molar-refractivity contribution in [3.63, 3.8) is 0 Å². The van der Waals surface area contributed by atoms with Gasteiger partial charge in [0.2, 0.25) is 0 Å². The Balaban J connectivity index is 1.80. The molecule has 3 rings (SSSR count). The van der Waals surface area contributed by atoms with Crippen LogP contribution < -0.4 is 10.2 Å². The summed E-state index contributed by atoms with van der Waals surface area (Å²) in [6.45, 7) is 6.39. The predicted molar refractivity (Wildman–Crippen MR) is 87.1 cm³/mol. The zero-order valence-electron chi connectivity index (χ0n) is 12.6. The van der Waals surface area contributed by atoms with Crippen LogP contribution in [0.3, 0.4) is 0 Å². The monoisotopic (exact) mass is 308 g/mol. The molecule has 116 valence electrons. The topological polar surface area (TPSA) is 52.8 Å². The van der Waals surface area contributed by atoms with Gasteiger partial charge in [-0.1, -0.05) is 6.92 Å². The largest absolute Gasteiger partial charge is 0.396 e. The fraction of sp³-hybridized carbons (Fsp3) is 0.667. The van der Waals surface area contributed by atoms with Crippen LogP contribution in [0.4, 0.5) is 5.82 Å². The van der Waals surface area contributed by atoms with Gasteiger partial charge in [0.15, 0.2) is 10.8 Å². The maximum Gasteiger partial charge on any atom is 0.195 e. The number of piperidine rings is 1. The van der Waals surface area contributed by atoms with Gasteiger partial charge in [0.25, 0.3) is 0 Å². The minimum atomic E-state index is 0.317. The maximum absolute atomic E-state index is 9.28. The van der Waals surface area contributed by atoms with E-state index in [1.54, 1.807) is 11.3 Å². The van der Waals surface area contributed by atoms with Gasteiger partial charge in [0.05, 0.1) is 5.69 Å². The highest BCUT2D eigenvalue weighted by atomic mass is 32.1. The molecular formula is C15H24N4OS. The van der Waals surface area contributed by atoms with E-state index in [0.717, 1.165) is 56.2 Å². The van der Waals surface area contributed by atoms with Crippen LogP contribution >= 0.6 is 11.3 Å². The third-order valence-corrected chi connectivity index (χ3v) is 4.99. The normalized spacial score (nSPS) is 17.0. The zero-order chi connectivity index (χ0) is 14.7. The molecule has 21 heavy (non-hydrogen) atoms. The molecule has 2 aromatic heterocycles. The number of nitrogens with zero attached hydrogens (tertiary/aromatic N) is 3. The first-order valence-electron chi connectivity index (χ1n) is 7.84. The Morgan fingerprint density at radius 3 is 2.95 bits per heavy atom. The van der Waals surface area contributed by atoms with Crippen molar-refractivity contribution in [3.05, 3.63) is 17.3 Å². The van der Waals surface area contributed by atoms with E-state index in [4.69, 9.17) is 4.98 Å². The van der Waals surface area contributed by atoms with Gasteiger partial charge in [-0.2, -0.15) is 0 Å². The summed E-state index contributed by atoms with van der Waals surface area (Å²) in [6.07, 6.45) is 5.37. The minimum Gasteiger partial charge on any atom is -0.396 e. The lowest BCUT2D eigenvalue weighted by Gasteiger charge is -2.32. The van der Waals surface area contributed by atoms with Gasteiger partial charge in [-0.15, -0.1) is 11.3 Å². The van der Waals surface area contributed by atoms with Gasteiger partial charge in [-0.05, 0) is 31.7 Å². The summed E-state index contributed by atoms with van der Waals surface area (Å²) in [5.41, 5.74) is 1.27. The molecule has 5 nitrogen and oxygen atoms in total. The van der Waals surface area contributed by atoms with Crippen molar-refractivity contribution in [2.24, 2.45) is 5.92 Å². The number of hydrogen-bond acceptors (Lipinski definition) is 5. The molecule has 0 amide bonds. The summed E-state index contributed by atoms with van der Waals surface area (Å²) in [5, 5.41) is 14.9. The molecule has 6 heteroatoms. The Morgan fingerprint density at radius 2 is 2.24 bits per heavy atom. The first-order chi connectivity index (χ1) is 10.3. The Morgan fingerprint density at radius 1 is 1.43 bits per heavy atom. The van der Waals surface area contributed by atoms with Crippen LogP contribution in [0, 0.1) is 5.92 Å². The third kappa shape index (κ3) is 3.07. The molecule has 2 aromatic rings. The van der Waals surface area contributed by atoms with E-state index >= 15 is 0 Å². The smallest absolute Gasteiger partial charge is 0.195 e. The van der Waals surface area contributed by atoms with Gasteiger partial charge in [0.1, 0.15) is 0 Å². The Labute approximate surface area is 129 Å². The van der Waals surface area contributed by atoms with E-state index in [9.17, 15) is 5.11 Å². The van der Waals surface area contributed by atoms with Crippen LogP contribution in [-0.4, -0.2) is 40.7 Å². The minimum absolute atomic E-state index is 0.317. The van der Waals surface area contributed by atoms with E-state index in [1.807, 2.05) is 0 Å². The molecule has 0 spiro atoms. The van der Waals surface area contributed by atoms with Gasteiger partial charge in [-0.3, -0.25) is 4.40 Å². The van der Waals surface area contributed by atoms with Crippen LogP contribution in [-0.2, 0) is 6.54 Å². The molecule has 1 saturated heterocycles. The number of imidazole rings is 1. The molecule has 2 N–H and O–H groups in total. The van der Waals surface area contributed by atoms with Gasteiger partial charge in [0, 0.05) is 37.8 Å². The molecule has 3 heterocycles. The number of aromatic nitrogens is 2. The van der Waals surface area contributed by atoms with Crippen molar-refractivity contribution >= 4 is 22.1 Å². The van der Waals surface area contributed by atoms with Crippen molar-refractivity contribution < 1.29 is 5.11 Å². The lowest BCUT2D eigenvalue weighted by atomic mass is 9.98. The molecular weight excluding hydrogens is 284 g/mol. The van der Waals surface area contributed by atoms with Crippen LogP contribution in [0.1, 0.15) is 31.9 Å². The van der Waals surface area contributed by atoms with Crippen molar-refractivity contribution in [1.29, 1.82) is 0 Å². The van der Waals surface area contributed by atoms with Gasteiger partial charge < -0.3 is 15.3 Å². The average molecular weight is 308 g/mol. The van der Waals surface area contributed by atoms with E-state index in [0.29, 0.717) is 12.5 Å². The van der Waals surface area contributed by atoms with Gasteiger partial charge >= 0.3 is 0 Å². The SMILES string of the molecule is CCCNCc1c(N2CCC(CO)CC2)nc2sccn12. The van der Waals surface area contributed by atoms with E-state index in [-0.39, 0.29) is 0 Å². The van der Waals surface area contributed by atoms with Crippen molar-refractivity contribution in [2.45, 2.75) is 32.7 Å². The molecule has 0 atom stereocenters. The molecule has 0 bridgehead atoms. The molecule has 0 aromatic carbocycles. The third-order valence-electron chi connectivity index (χ3n) is 4.23. The van der Waals surface area contributed by atoms with Gasteiger partial charge in [-0.25, -0.2) is 4.98 Å². The fourth-order valence-corrected chi connectivity index (χ4v) is 3.68. The predicted octanol–water partition coefficient (Wildman–Crippen LogP) is 2.10. The Bertz CT molecular complexity index is 571. The van der Waals surface area contributed by atoms with Crippen LogP contribution in [0.25, 0.3) is 4.96 Å². The number of aliphatic hydroxyl groups excluding tert-OH is 1. The second kappa shape index (κ2) is 6.77. The van der Waals surface area contributed by atoms with E-state index < -0.39 is 0 Å². The second-order valence-electron chi connectivity index (χ2n) is 5.73. The summed E-state index contributed by atoms with van der Waals surface area (Å²) < 4.78 is 2.21. The standard InChI is InChI=1S/C15H24N4OS/c1-2-5-16-10-13-14(17-15-19(13)8-9-21-15)18-6-3-12(11-20)4-7-18/h8-9,12,16,20H,2-7,10-11H2,1H3. The number of fused-ring (bicyclic) bond motifs is 1. The number of nitrogens with one attached hydrogen (secondary N) is 1. The summed E-state index contributed by atoms with van der Waals surface area (Å²) in [6, 6.07) is 0. The quantitative estimate of drug-likeness (QED) is 0.803.